The molecule has 0 unspecified atom stereocenters. The lowest BCUT2D eigenvalue weighted by Gasteiger charge is -2.36. The van der Waals surface area contributed by atoms with E-state index in [-0.39, 0.29) is 24.0 Å². The minimum atomic E-state index is -4.60. The third kappa shape index (κ3) is 5.00. The monoisotopic (exact) mass is 511 g/mol. The molecule has 1 amide bonds. The summed E-state index contributed by atoms with van der Waals surface area (Å²) in [5, 5.41) is 22.4. The van der Waals surface area contributed by atoms with Crippen LogP contribution in [0.15, 0.2) is 28.8 Å². The van der Waals surface area contributed by atoms with Gasteiger partial charge >= 0.3 is 6.18 Å². The van der Waals surface area contributed by atoms with Crippen LogP contribution in [0.25, 0.3) is 11.5 Å². The zero-order valence-electron chi connectivity index (χ0n) is 19.1. The van der Waals surface area contributed by atoms with Crippen LogP contribution < -0.4 is 5.32 Å². The normalized spacial score (nSPS) is 20.3. The largest absolute Gasteiger partial charge is 0.505 e. The Labute approximate surface area is 201 Å². The smallest absolute Gasteiger partial charge is 0.435 e. The number of phenolic OH excluding ortho intramolecular Hbond substituents is 1. The fourth-order valence-electron chi connectivity index (χ4n) is 4.35. The van der Waals surface area contributed by atoms with Gasteiger partial charge in [0.15, 0.2) is 17.3 Å². The highest BCUT2D eigenvalue weighted by molar-refractivity contribution is 5.94. The summed E-state index contributed by atoms with van der Waals surface area (Å²) in [6.07, 6.45) is -1.28. The minimum absolute atomic E-state index is 0.0385. The molecule has 192 valence electrons. The van der Waals surface area contributed by atoms with E-state index < -0.39 is 46.1 Å². The summed E-state index contributed by atoms with van der Waals surface area (Å²) in [4.78, 5) is 16.7. The molecule has 1 aliphatic rings. The Balaban J connectivity index is 1.38. The number of nitrogens with one attached hydrogen (secondary N) is 1. The second-order valence-corrected chi connectivity index (χ2v) is 8.77. The van der Waals surface area contributed by atoms with Crippen molar-refractivity contribution >= 4 is 5.91 Å². The van der Waals surface area contributed by atoms with Gasteiger partial charge in [0.2, 0.25) is 17.5 Å². The highest BCUT2D eigenvalue weighted by atomic mass is 19.4. The third-order valence-corrected chi connectivity index (χ3v) is 6.66. The number of nitrogens with zero attached hydrogens (tertiary/aromatic N) is 4. The predicted molar refractivity (Wildman–Crippen MR) is 115 cm³/mol. The molecule has 1 fully saturated rings. The van der Waals surface area contributed by atoms with E-state index >= 15 is 0 Å². The van der Waals surface area contributed by atoms with Gasteiger partial charge in [0.25, 0.3) is 5.91 Å². The first-order valence-electron chi connectivity index (χ1n) is 11.2. The molecule has 0 saturated heterocycles. The van der Waals surface area contributed by atoms with Crippen LogP contribution in [-0.4, -0.2) is 37.9 Å². The molecule has 1 saturated carbocycles. The summed E-state index contributed by atoms with van der Waals surface area (Å²) >= 11 is 0. The van der Waals surface area contributed by atoms with Crippen molar-refractivity contribution in [3.8, 4) is 17.3 Å². The van der Waals surface area contributed by atoms with Crippen LogP contribution in [0.3, 0.4) is 0 Å². The van der Waals surface area contributed by atoms with Crippen molar-refractivity contribution in [3.63, 3.8) is 0 Å². The van der Waals surface area contributed by atoms with Gasteiger partial charge in [-0.2, -0.15) is 22.5 Å². The van der Waals surface area contributed by atoms with Crippen molar-refractivity contribution in [1.82, 2.24) is 25.7 Å². The lowest BCUT2D eigenvalue weighted by molar-refractivity contribution is -0.141. The molecule has 0 radical (unpaired) electrons. The third-order valence-electron chi connectivity index (χ3n) is 6.66. The Morgan fingerprint density at radius 3 is 2.47 bits per heavy atom. The number of rotatable bonds is 6. The standard InChI is InChI=1S/C23H22F5N5O3/c1-2-22(21-30-19(33-36-21)14-4-6-16(32-31-14)23(26,27)28)9-7-12(8-10-22)11-29-20(35)13-3-5-15(34)18(25)17(13)24/h3-6,12,34H,2,7-11H2,1H3,(H,29,35). The van der Waals surface area contributed by atoms with E-state index in [0.717, 1.165) is 24.3 Å². The van der Waals surface area contributed by atoms with E-state index in [2.05, 4.69) is 25.7 Å². The predicted octanol–water partition coefficient (Wildman–Crippen LogP) is 4.80. The lowest BCUT2D eigenvalue weighted by atomic mass is 9.68. The first kappa shape index (κ1) is 25.5. The maximum absolute atomic E-state index is 13.9. The summed E-state index contributed by atoms with van der Waals surface area (Å²) in [5.41, 5.74) is -2.01. The number of hydrogen-bond acceptors (Lipinski definition) is 7. The molecule has 0 atom stereocenters. The molecule has 2 N–H and O–H groups in total. The molecule has 36 heavy (non-hydrogen) atoms. The SMILES string of the molecule is CCC1(c2nc(-c3ccc(C(F)(F)F)nn3)no2)CCC(CNC(=O)c2ccc(O)c(F)c2F)CC1. The molecule has 1 aromatic carbocycles. The highest BCUT2D eigenvalue weighted by Gasteiger charge is 2.40. The quantitative estimate of drug-likeness (QED) is 0.457. The summed E-state index contributed by atoms with van der Waals surface area (Å²) < 4.78 is 71.1. The molecular formula is C23H22F5N5O3. The second-order valence-electron chi connectivity index (χ2n) is 8.77. The zero-order valence-corrected chi connectivity index (χ0v) is 19.1. The van der Waals surface area contributed by atoms with Gasteiger partial charge in [0.1, 0.15) is 5.69 Å². The van der Waals surface area contributed by atoms with Gasteiger partial charge in [-0.25, -0.2) is 4.39 Å². The Kier molecular flexibility index (Phi) is 6.92. The Hall–Kier alpha value is -3.64. The first-order chi connectivity index (χ1) is 17.0. The number of amides is 1. The van der Waals surface area contributed by atoms with Gasteiger partial charge in [0, 0.05) is 12.0 Å². The maximum atomic E-state index is 13.9. The van der Waals surface area contributed by atoms with E-state index in [9.17, 15) is 31.9 Å². The fraction of sp³-hybridized carbons (Fsp3) is 0.435. The number of aromatic hydroxyl groups is 1. The van der Waals surface area contributed by atoms with E-state index in [1.54, 1.807) is 0 Å². The number of phenols is 1. The molecule has 0 bridgehead atoms. The number of aromatic nitrogens is 4. The van der Waals surface area contributed by atoms with Gasteiger partial charge in [0.05, 0.1) is 5.56 Å². The average Bonchev–Trinajstić information content (AvgIpc) is 3.37. The summed E-state index contributed by atoms with van der Waals surface area (Å²) in [5.74, 6) is -4.08. The zero-order chi connectivity index (χ0) is 26.1. The molecule has 0 spiro atoms. The number of hydrogen-bond donors (Lipinski definition) is 2. The average molecular weight is 511 g/mol. The van der Waals surface area contributed by atoms with Crippen LogP contribution in [-0.2, 0) is 11.6 Å². The van der Waals surface area contributed by atoms with Crippen LogP contribution in [0.2, 0.25) is 0 Å². The maximum Gasteiger partial charge on any atom is 0.435 e. The van der Waals surface area contributed by atoms with Crippen LogP contribution >= 0.6 is 0 Å². The van der Waals surface area contributed by atoms with Gasteiger partial charge < -0.3 is 14.9 Å². The van der Waals surface area contributed by atoms with E-state index in [0.29, 0.717) is 38.0 Å². The van der Waals surface area contributed by atoms with Crippen molar-refractivity contribution in [2.24, 2.45) is 5.92 Å². The topological polar surface area (TPSA) is 114 Å². The van der Waals surface area contributed by atoms with Crippen LogP contribution in [0.5, 0.6) is 5.75 Å². The molecular weight excluding hydrogens is 489 g/mol. The van der Waals surface area contributed by atoms with Crippen molar-refractivity contribution in [1.29, 1.82) is 0 Å². The van der Waals surface area contributed by atoms with Crippen molar-refractivity contribution in [2.45, 2.75) is 50.6 Å². The number of benzene rings is 1. The van der Waals surface area contributed by atoms with Gasteiger partial charge in [-0.1, -0.05) is 12.1 Å². The number of alkyl halides is 3. The molecule has 3 aromatic rings. The molecule has 2 aromatic heterocycles. The highest BCUT2D eigenvalue weighted by Crippen LogP contribution is 2.43. The summed E-state index contributed by atoms with van der Waals surface area (Å²) in [6, 6.07) is 3.86. The Bertz CT molecular complexity index is 1240. The lowest BCUT2D eigenvalue weighted by Crippen LogP contribution is -2.36. The van der Waals surface area contributed by atoms with Gasteiger partial charge in [-0.05, 0) is 62.3 Å². The first-order valence-corrected chi connectivity index (χ1v) is 11.2. The second kappa shape index (κ2) is 9.78. The van der Waals surface area contributed by atoms with Crippen LogP contribution in [0.4, 0.5) is 22.0 Å². The van der Waals surface area contributed by atoms with E-state index in [4.69, 9.17) is 4.52 Å². The summed E-state index contributed by atoms with van der Waals surface area (Å²) in [7, 11) is 0. The van der Waals surface area contributed by atoms with Crippen LogP contribution in [0.1, 0.15) is 61.0 Å². The molecule has 2 heterocycles. The Morgan fingerprint density at radius 2 is 1.86 bits per heavy atom. The molecule has 4 rings (SSSR count). The molecule has 8 nitrogen and oxygen atoms in total. The van der Waals surface area contributed by atoms with E-state index in [1.807, 2.05) is 6.92 Å². The molecule has 1 aliphatic carbocycles. The van der Waals surface area contributed by atoms with Gasteiger partial charge in [-0.15, -0.1) is 10.2 Å². The Morgan fingerprint density at radius 1 is 1.14 bits per heavy atom. The van der Waals surface area contributed by atoms with E-state index in [1.165, 1.54) is 0 Å². The van der Waals surface area contributed by atoms with Crippen LogP contribution in [0, 0.1) is 17.6 Å². The minimum Gasteiger partial charge on any atom is -0.505 e. The van der Waals surface area contributed by atoms with Crippen molar-refractivity contribution in [3.05, 3.63) is 53.0 Å². The number of carbonyl (C=O) groups is 1. The number of carbonyl (C=O) groups excluding carboxylic acids is 1. The van der Waals surface area contributed by atoms with Crippen molar-refractivity contribution < 1.29 is 36.4 Å². The molecule has 13 heteroatoms. The fourth-order valence-corrected chi connectivity index (χ4v) is 4.35. The van der Waals surface area contributed by atoms with Crippen molar-refractivity contribution in [2.75, 3.05) is 6.54 Å². The number of halogens is 5. The van der Waals surface area contributed by atoms with Gasteiger partial charge in [-0.3, -0.25) is 4.79 Å². The summed E-state index contributed by atoms with van der Waals surface area (Å²) in [6.45, 7) is 2.21. The molecule has 0 aliphatic heterocycles.